The highest BCUT2D eigenvalue weighted by atomic mass is 16.8. The van der Waals surface area contributed by atoms with E-state index < -0.39 is 41.6 Å². The summed E-state index contributed by atoms with van der Waals surface area (Å²) >= 11 is 0. The molecule has 0 spiro atoms. The van der Waals surface area contributed by atoms with E-state index in [2.05, 4.69) is 10.1 Å². The second kappa shape index (κ2) is 4.79. The lowest BCUT2D eigenvalue weighted by Crippen LogP contribution is -2.37. The molecule has 3 rings (SSSR count). The number of fused-ring (bicyclic) bond motifs is 1. The summed E-state index contributed by atoms with van der Waals surface area (Å²) in [6.07, 6.45) is -0.0177. The van der Waals surface area contributed by atoms with Gasteiger partial charge in [0.05, 0.1) is 6.21 Å². The molecular formula is C12H15N3O6. The van der Waals surface area contributed by atoms with Gasteiger partial charge in [-0.3, -0.25) is 14.3 Å². The van der Waals surface area contributed by atoms with Gasteiger partial charge in [-0.2, -0.15) is 0 Å². The number of H-pyrrole nitrogens is 1. The van der Waals surface area contributed by atoms with Crippen LogP contribution in [0, 0.1) is 0 Å². The molecule has 0 saturated carbocycles. The average Bonchev–Trinajstić information content (AvgIpc) is 2.85. The Balaban J connectivity index is 1.99. The van der Waals surface area contributed by atoms with Crippen molar-refractivity contribution in [2.24, 2.45) is 5.16 Å². The summed E-state index contributed by atoms with van der Waals surface area (Å²) in [6, 6.07) is 1.22. The van der Waals surface area contributed by atoms with Gasteiger partial charge in [0, 0.05) is 12.3 Å². The Kier molecular flexibility index (Phi) is 3.19. The third-order valence-corrected chi connectivity index (χ3v) is 3.40. The van der Waals surface area contributed by atoms with Crippen LogP contribution in [0.1, 0.15) is 20.1 Å². The number of oxime groups is 1. The number of hydrogen-bond donors (Lipinski definition) is 2. The first kappa shape index (κ1) is 14.0. The lowest BCUT2D eigenvalue weighted by atomic mass is 10.1. The van der Waals surface area contributed by atoms with Crippen LogP contribution < -0.4 is 11.2 Å². The van der Waals surface area contributed by atoms with Crippen LogP contribution in [-0.4, -0.2) is 45.1 Å². The largest absolute Gasteiger partial charge is 0.411 e. The lowest BCUT2D eigenvalue weighted by molar-refractivity contribution is -0.189. The molecule has 9 nitrogen and oxygen atoms in total. The lowest BCUT2D eigenvalue weighted by Gasteiger charge is -2.23. The fourth-order valence-electron chi connectivity index (χ4n) is 2.64. The molecule has 0 aromatic carbocycles. The maximum absolute atomic E-state index is 11.9. The first-order valence-electron chi connectivity index (χ1n) is 6.41. The van der Waals surface area contributed by atoms with Crippen molar-refractivity contribution >= 4 is 6.21 Å². The van der Waals surface area contributed by atoms with Gasteiger partial charge in [0.2, 0.25) is 0 Å². The van der Waals surface area contributed by atoms with E-state index in [0.29, 0.717) is 0 Å². The number of hydrogen-bond acceptors (Lipinski definition) is 7. The predicted octanol–water partition coefficient (Wildman–Crippen LogP) is -0.586. The summed E-state index contributed by atoms with van der Waals surface area (Å²) in [5.74, 6) is -0.843. The number of nitrogens with zero attached hydrogens (tertiary/aromatic N) is 2. The van der Waals surface area contributed by atoms with Gasteiger partial charge in [-0.05, 0) is 13.8 Å². The first-order valence-corrected chi connectivity index (χ1v) is 6.41. The standard InChI is InChI=1S/C12H15N3O6/c1-12(2)20-8-6(5-13-18)19-10(9(8)21-12)15-4-3-7(16)14-11(15)17/h3-6,8-10,18H,1-2H3,(H,14,16,17). The number of nitrogens with one attached hydrogen (secondary N) is 1. The number of aromatic nitrogens is 2. The summed E-state index contributed by atoms with van der Waals surface area (Å²) in [6.45, 7) is 3.48. The number of ether oxygens (including phenoxy) is 3. The Morgan fingerprint density at radius 2 is 2.10 bits per heavy atom. The Bertz CT molecular complexity index is 678. The van der Waals surface area contributed by atoms with Gasteiger partial charge in [-0.15, -0.1) is 0 Å². The Labute approximate surface area is 118 Å². The molecule has 2 aliphatic rings. The molecule has 2 aliphatic heterocycles. The first-order chi connectivity index (χ1) is 9.91. The molecule has 114 valence electrons. The molecule has 2 N–H and O–H groups in total. The fraction of sp³-hybridized carbons (Fsp3) is 0.583. The molecule has 4 unspecified atom stereocenters. The van der Waals surface area contributed by atoms with E-state index in [1.165, 1.54) is 23.0 Å². The second-order valence-electron chi connectivity index (χ2n) is 5.34. The molecule has 9 heteroatoms. The van der Waals surface area contributed by atoms with Crippen molar-refractivity contribution < 1.29 is 19.4 Å². The van der Waals surface area contributed by atoms with Crippen LogP contribution in [0.4, 0.5) is 0 Å². The minimum atomic E-state index is -0.843. The van der Waals surface area contributed by atoms with Gasteiger partial charge in [-0.25, -0.2) is 4.79 Å². The number of aromatic amines is 1. The second-order valence-corrected chi connectivity index (χ2v) is 5.34. The van der Waals surface area contributed by atoms with Crippen LogP contribution in [0.25, 0.3) is 0 Å². The van der Waals surface area contributed by atoms with E-state index in [0.717, 1.165) is 0 Å². The molecule has 2 fully saturated rings. The van der Waals surface area contributed by atoms with Crippen LogP contribution in [0.3, 0.4) is 0 Å². The Morgan fingerprint density at radius 3 is 2.76 bits per heavy atom. The Morgan fingerprint density at radius 1 is 1.38 bits per heavy atom. The van der Waals surface area contributed by atoms with Crippen LogP contribution in [0.5, 0.6) is 0 Å². The summed E-state index contributed by atoms with van der Waals surface area (Å²) in [7, 11) is 0. The Hall–Kier alpha value is -1.97. The smallest absolute Gasteiger partial charge is 0.330 e. The van der Waals surface area contributed by atoms with E-state index in [9.17, 15) is 9.59 Å². The van der Waals surface area contributed by atoms with Crippen LogP contribution in [0.2, 0.25) is 0 Å². The van der Waals surface area contributed by atoms with E-state index >= 15 is 0 Å². The maximum Gasteiger partial charge on any atom is 0.330 e. The molecule has 0 aliphatic carbocycles. The molecule has 1 aromatic rings. The van der Waals surface area contributed by atoms with Gasteiger partial charge in [-0.1, -0.05) is 5.16 Å². The van der Waals surface area contributed by atoms with Gasteiger partial charge in [0.25, 0.3) is 5.56 Å². The third-order valence-electron chi connectivity index (χ3n) is 3.40. The van der Waals surface area contributed by atoms with E-state index in [1.807, 2.05) is 0 Å². The third kappa shape index (κ3) is 2.39. The van der Waals surface area contributed by atoms with Crippen molar-refractivity contribution in [3.8, 4) is 0 Å². The number of rotatable bonds is 2. The topological polar surface area (TPSA) is 115 Å². The summed E-state index contributed by atoms with van der Waals surface area (Å²) < 4.78 is 18.3. The van der Waals surface area contributed by atoms with Crippen molar-refractivity contribution in [1.29, 1.82) is 0 Å². The van der Waals surface area contributed by atoms with Crippen molar-refractivity contribution in [2.45, 2.75) is 44.2 Å². The molecular weight excluding hydrogens is 282 g/mol. The van der Waals surface area contributed by atoms with Crippen LogP contribution in [-0.2, 0) is 14.2 Å². The fourth-order valence-corrected chi connectivity index (χ4v) is 2.64. The minimum Gasteiger partial charge on any atom is -0.411 e. The summed E-state index contributed by atoms with van der Waals surface area (Å²) in [5, 5.41) is 11.7. The summed E-state index contributed by atoms with van der Waals surface area (Å²) in [4.78, 5) is 25.2. The molecule has 4 atom stereocenters. The SMILES string of the molecule is CC1(C)OC2C(C=NO)OC(n3ccc(=O)[nH]c3=O)C2O1. The molecule has 2 saturated heterocycles. The molecule has 21 heavy (non-hydrogen) atoms. The van der Waals surface area contributed by atoms with Crippen LogP contribution in [0.15, 0.2) is 27.0 Å². The van der Waals surface area contributed by atoms with Crippen molar-refractivity contribution in [3.63, 3.8) is 0 Å². The monoisotopic (exact) mass is 297 g/mol. The maximum atomic E-state index is 11.9. The zero-order chi connectivity index (χ0) is 15.2. The highest BCUT2D eigenvalue weighted by Crippen LogP contribution is 2.41. The van der Waals surface area contributed by atoms with Gasteiger partial charge >= 0.3 is 5.69 Å². The van der Waals surface area contributed by atoms with E-state index in [-0.39, 0.29) is 0 Å². The molecule has 0 amide bonds. The van der Waals surface area contributed by atoms with E-state index in [1.54, 1.807) is 13.8 Å². The quantitative estimate of drug-likeness (QED) is 0.428. The van der Waals surface area contributed by atoms with Gasteiger partial charge in [0.15, 0.2) is 12.0 Å². The highest BCUT2D eigenvalue weighted by Gasteiger charge is 2.55. The molecule has 3 heterocycles. The van der Waals surface area contributed by atoms with Crippen LogP contribution >= 0.6 is 0 Å². The van der Waals surface area contributed by atoms with Gasteiger partial charge in [0.1, 0.15) is 18.3 Å². The predicted molar refractivity (Wildman–Crippen MR) is 69.3 cm³/mol. The molecule has 0 radical (unpaired) electrons. The molecule has 1 aromatic heterocycles. The highest BCUT2D eigenvalue weighted by molar-refractivity contribution is 5.64. The van der Waals surface area contributed by atoms with Crippen molar-refractivity contribution in [3.05, 3.63) is 33.1 Å². The zero-order valence-corrected chi connectivity index (χ0v) is 11.4. The molecule has 0 bridgehead atoms. The van der Waals surface area contributed by atoms with Gasteiger partial charge < -0.3 is 19.4 Å². The zero-order valence-electron chi connectivity index (χ0n) is 11.4. The van der Waals surface area contributed by atoms with Crippen molar-refractivity contribution in [1.82, 2.24) is 9.55 Å². The van der Waals surface area contributed by atoms with E-state index in [4.69, 9.17) is 19.4 Å². The average molecular weight is 297 g/mol. The normalized spacial score (nSPS) is 34.4. The summed E-state index contributed by atoms with van der Waals surface area (Å²) in [5.41, 5.74) is -1.11. The minimum absolute atomic E-state index is 0.497. The van der Waals surface area contributed by atoms with Crippen molar-refractivity contribution in [2.75, 3.05) is 0 Å².